The smallest absolute Gasteiger partial charge is 0.119 e. The van der Waals surface area contributed by atoms with Crippen molar-refractivity contribution in [1.29, 1.82) is 0 Å². The van der Waals surface area contributed by atoms with Gasteiger partial charge in [-0.05, 0) is 37.1 Å². The second-order valence-corrected chi connectivity index (χ2v) is 6.69. The molecule has 0 aromatic heterocycles. The molecule has 1 aromatic carbocycles. The monoisotopic (exact) mass is 407 g/mol. The van der Waals surface area contributed by atoms with E-state index < -0.39 is 6.10 Å². The summed E-state index contributed by atoms with van der Waals surface area (Å²) in [5.74, 6) is 0.825. The van der Waals surface area contributed by atoms with E-state index in [1.165, 1.54) is 32.1 Å². The fraction of sp³-hybridized carbons (Fsp3) is 0.647. The molecule has 0 saturated heterocycles. The Morgan fingerprint density at radius 3 is 2.52 bits per heavy atom. The Bertz CT molecular complexity index is 413. The van der Waals surface area contributed by atoms with Gasteiger partial charge in [-0.15, -0.1) is 12.4 Å². The van der Waals surface area contributed by atoms with Crippen molar-refractivity contribution in [3.8, 4) is 5.75 Å². The van der Waals surface area contributed by atoms with Crippen molar-refractivity contribution in [2.24, 2.45) is 0 Å². The lowest BCUT2D eigenvalue weighted by Crippen LogP contribution is -2.38. The Hall–Kier alpha value is -0.330. The van der Waals surface area contributed by atoms with Crippen LogP contribution in [0.2, 0.25) is 0 Å². The maximum atomic E-state index is 9.89. The summed E-state index contributed by atoms with van der Waals surface area (Å²) in [6.07, 6.45) is 5.97. The minimum atomic E-state index is -0.449. The number of hydrogen-bond donors (Lipinski definition) is 2. The highest BCUT2D eigenvalue weighted by Crippen LogP contribution is 2.17. The van der Waals surface area contributed by atoms with Crippen molar-refractivity contribution in [1.82, 2.24) is 5.32 Å². The van der Waals surface area contributed by atoms with Crippen LogP contribution in [0.5, 0.6) is 5.75 Å². The van der Waals surface area contributed by atoms with Crippen molar-refractivity contribution < 1.29 is 14.6 Å². The molecular formula is C17H27BrClNO3. The van der Waals surface area contributed by atoms with Crippen LogP contribution in [0, 0.1) is 0 Å². The van der Waals surface area contributed by atoms with E-state index in [9.17, 15) is 5.11 Å². The number of nitrogens with one attached hydrogen (secondary N) is 1. The highest BCUT2D eigenvalue weighted by molar-refractivity contribution is 9.10. The molecule has 1 saturated carbocycles. The van der Waals surface area contributed by atoms with Gasteiger partial charge in [-0.1, -0.05) is 35.2 Å². The summed E-state index contributed by atoms with van der Waals surface area (Å²) >= 11 is 3.38. The van der Waals surface area contributed by atoms with Crippen LogP contribution in [0.15, 0.2) is 28.7 Å². The van der Waals surface area contributed by atoms with E-state index >= 15 is 0 Å². The number of benzene rings is 1. The Morgan fingerprint density at radius 2 is 1.83 bits per heavy atom. The molecule has 2 rings (SSSR count). The molecule has 23 heavy (non-hydrogen) atoms. The second kappa shape index (κ2) is 12.1. The Morgan fingerprint density at radius 1 is 1.13 bits per heavy atom. The number of halogens is 2. The first kappa shape index (κ1) is 20.7. The summed E-state index contributed by atoms with van der Waals surface area (Å²) in [6, 6.07) is 8.28. The van der Waals surface area contributed by atoms with Crippen molar-refractivity contribution in [3.63, 3.8) is 0 Å². The Balaban J connectivity index is 0.00000264. The summed E-state index contributed by atoms with van der Waals surface area (Å²) in [5, 5.41) is 13.3. The number of ether oxygens (including phenoxy) is 2. The molecule has 0 bridgehead atoms. The van der Waals surface area contributed by atoms with Crippen LogP contribution in [-0.2, 0) is 4.74 Å². The lowest BCUT2D eigenvalue weighted by atomic mass is 9.95. The minimum absolute atomic E-state index is 0. The van der Waals surface area contributed by atoms with E-state index in [2.05, 4.69) is 21.2 Å². The molecule has 1 aliphatic rings. The molecule has 0 heterocycles. The van der Waals surface area contributed by atoms with E-state index in [-0.39, 0.29) is 12.4 Å². The summed E-state index contributed by atoms with van der Waals surface area (Å²) in [4.78, 5) is 0. The molecule has 1 aromatic rings. The zero-order chi connectivity index (χ0) is 15.6. The molecule has 0 spiro atoms. The van der Waals surface area contributed by atoms with Crippen molar-refractivity contribution in [2.75, 3.05) is 26.4 Å². The van der Waals surface area contributed by atoms with Crippen LogP contribution < -0.4 is 10.1 Å². The van der Waals surface area contributed by atoms with Gasteiger partial charge in [-0.2, -0.15) is 0 Å². The molecule has 1 atom stereocenters. The number of hydrogen-bond acceptors (Lipinski definition) is 4. The molecule has 132 valence electrons. The number of aliphatic hydroxyl groups excluding tert-OH is 1. The average Bonchev–Trinajstić information content (AvgIpc) is 2.55. The fourth-order valence-corrected chi connectivity index (χ4v) is 2.90. The highest BCUT2D eigenvalue weighted by atomic mass is 79.9. The van der Waals surface area contributed by atoms with Crippen LogP contribution in [-0.4, -0.2) is 43.6 Å². The predicted molar refractivity (Wildman–Crippen MR) is 98.6 cm³/mol. The van der Waals surface area contributed by atoms with E-state index in [0.717, 1.165) is 10.2 Å². The predicted octanol–water partition coefficient (Wildman–Crippen LogP) is 3.55. The summed E-state index contributed by atoms with van der Waals surface area (Å²) in [6.45, 7) is 1.93. The number of rotatable bonds is 9. The molecule has 0 amide bonds. The van der Waals surface area contributed by atoms with Gasteiger partial charge in [0.05, 0.1) is 19.3 Å². The van der Waals surface area contributed by atoms with Gasteiger partial charge in [-0.3, -0.25) is 0 Å². The maximum Gasteiger partial charge on any atom is 0.119 e. The minimum Gasteiger partial charge on any atom is -0.491 e. The molecule has 1 unspecified atom stereocenters. The first-order valence-corrected chi connectivity index (χ1v) is 8.91. The third kappa shape index (κ3) is 8.91. The fourth-order valence-electron chi connectivity index (χ4n) is 2.64. The van der Waals surface area contributed by atoms with E-state index in [0.29, 0.717) is 32.4 Å². The van der Waals surface area contributed by atoms with Crippen LogP contribution in [0.4, 0.5) is 0 Å². The van der Waals surface area contributed by atoms with Crippen molar-refractivity contribution >= 4 is 28.3 Å². The largest absolute Gasteiger partial charge is 0.491 e. The van der Waals surface area contributed by atoms with Gasteiger partial charge in [0.25, 0.3) is 0 Å². The van der Waals surface area contributed by atoms with Gasteiger partial charge in [0.15, 0.2) is 0 Å². The van der Waals surface area contributed by atoms with Crippen molar-refractivity contribution in [2.45, 2.75) is 44.2 Å². The van der Waals surface area contributed by atoms with E-state index in [1.54, 1.807) is 0 Å². The van der Waals surface area contributed by atoms with Gasteiger partial charge in [-0.25, -0.2) is 0 Å². The molecule has 6 heteroatoms. The third-order valence-corrected chi connectivity index (χ3v) is 4.40. The molecule has 0 radical (unpaired) electrons. The average molecular weight is 409 g/mol. The molecular weight excluding hydrogens is 382 g/mol. The summed E-state index contributed by atoms with van der Waals surface area (Å²) in [5.41, 5.74) is 0. The lowest BCUT2D eigenvalue weighted by Gasteiger charge is -2.24. The Kier molecular flexibility index (Phi) is 10.9. The Labute approximate surface area is 153 Å². The maximum absolute atomic E-state index is 9.89. The molecule has 2 N–H and O–H groups in total. The van der Waals surface area contributed by atoms with Crippen LogP contribution in [0.25, 0.3) is 0 Å². The molecule has 1 aliphatic carbocycles. The zero-order valence-corrected chi connectivity index (χ0v) is 15.8. The van der Waals surface area contributed by atoms with E-state index in [1.807, 2.05) is 24.3 Å². The molecule has 4 nitrogen and oxygen atoms in total. The first-order valence-electron chi connectivity index (χ1n) is 8.11. The normalized spacial score (nSPS) is 16.6. The van der Waals surface area contributed by atoms with Crippen LogP contribution in [0.1, 0.15) is 32.1 Å². The number of aliphatic hydroxyl groups is 1. The SMILES string of the molecule is Cl.OC(CNC1CCCCC1)COCCOc1ccc(Br)cc1. The highest BCUT2D eigenvalue weighted by Gasteiger charge is 2.14. The van der Waals surface area contributed by atoms with Crippen LogP contribution >= 0.6 is 28.3 Å². The molecule has 0 aliphatic heterocycles. The van der Waals surface area contributed by atoms with Gasteiger partial charge in [0, 0.05) is 17.1 Å². The van der Waals surface area contributed by atoms with Gasteiger partial charge >= 0.3 is 0 Å². The van der Waals surface area contributed by atoms with Gasteiger partial charge in [0.2, 0.25) is 0 Å². The molecule has 1 fully saturated rings. The summed E-state index contributed by atoms with van der Waals surface area (Å²) in [7, 11) is 0. The van der Waals surface area contributed by atoms with Crippen molar-refractivity contribution in [3.05, 3.63) is 28.7 Å². The first-order chi connectivity index (χ1) is 10.7. The topological polar surface area (TPSA) is 50.7 Å². The summed E-state index contributed by atoms with van der Waals surface area (Å²) < 4.78 is 12.0. The standard InChI is InChI=1S/C17H26BrNO3.ClH/c18-14-6-8-17(9-7-14)22-11-10-21-13-16(20)12-19-15-4-2-1-3-5-15;/h6-9,15-16,19-20H,1-5,10-13H2;1H. The third-order valence-electron chi connectivity index (χ3n) is 3.87. The van der Waals surface area contributed by atoms with E-state index in [4.69, 9.17) is 9.47 Å². The quantitative estimate of drug-likeness (QED) is 0.614. The van der Waals surface area contributed by atoms with Gasteiger partial charge in [0.1, 0.15) is 12.4 Å². The van der Waals surface area contributed by atoms with Crippen LogP contribution in [0.3, 0.4) is 0 Å². The second-order valence-electron chi connectivity index (χ2n) is 5.77. The lowest BCUT2D eigenvalue weighted by molar-refractivity contribution is 0.0235. The zero-order valence-electron chi connectivity index (χ0n) is 13.4. The van der Waals surface area contributed by atoms with Gasteiger partial charge < -0.3 is 19.9 Å².